The van der Waals surface area contributed by atoms with Crippen LogP contribution in [0.25, 0.3) is 0 Å². The van der Waals surface area contributed by atoms with Crippen LogP contribution < -0.4 is 11.1 Å². The van der Waals surface area contributed by atoms with Crippen LogP contribution in [0.2, 0.25) is 5.02 Å². The molecule has 0 aliphatic heterocycles. The smallest absolute Gasteiger partial charge is 0.225 e. The van der Waals surface area contributed by atoms with E-state index in [1.807, 2.05) is 0 Å². The number of hydrogen-bond donors (Lipinski definition) is 2. The Morgan fingerprint density at radius 1 is 1.33 bits per heavy atom. The molecule has 2 fully saturated rings. The first kappa shape index (κ1) is 14.7. The molecule has 0 saturated heterocycles. The van der Waals surface area contributed by atoms with Crippen LogP contribution in [0.3, 0.4) is 0 Å². The third-order valence-corrected chi connectivity index (χ3v) is 4.40. The fourth-order valence-electron chi connectivity index (χ4n) is 2.59. The van der Waals surface area contributed by atoms with Crippen molar-refractivity contribution in [3.63, 3.8) is 0 Å². The molecule has 0 spiro atoms. The van der Waals surface area contributed by atoms with Gasteiger partial charge in [-0.1, -0.05) is 11.6 Å². The summed E-state index contributed by atoms with van der Waals surface area (Å²) >= 11 is 5.93. The Morgan fingerprint density at radius 3 is 2.76 bits per heavy atom. The molecular weight excluding hydrogens is 286 g/mol. The molecule has 1 aromatic rings. The minimum atomic E-state index is 0.00501. The molecule has 2 aliphatic carbocycles. The number of nitrogen functional groups attached to an aromatic ring is 1. The Kier molecular flexibility index (Phi) is 4.36. The normalized spacial score (nSPS) is 18.0. The molecule has 2 aliphatic rings. The molecule has 0 radical (unpaired) electrons. The van der Waals surface area contributed by atoms with E-state index >= 15 is 0 Å². The topological polar surface area (TPSA) is 58.4 Å². The molecule has 114 valence electrons. The summed E-state index contributed by atoms with van der Waals surface area (Å²) in [6.07, 6.45) is 5.79. The van der Waals surface area contributed by atoms with E-state index < -0.39 is 0 Å². The summed E-state index contributed by atoms with van der Waals surface area (Å²) in [4.78, 5) is 14.6. The number of carbonyl (C=O) groups excluding carboxylic acids is 1. The highest BCUT2D eigenvalue weighted by Gasteiger charge is 2.33. The van der Waals surface area contributed by atoms with Gasteiger partial charge in [0, 0.05) is 30.6 Å². The van der Waals surface area contributed by atoms with Gasteiger partial charge in [0.1, 0.15) is 0 Å². The molecule has 0 bridgehead atoms. The summed E-state index contributed by atoms with van der Waals surface area (Å²) in [6.45, 7) is 2.00. The molecule has 0 atom stereocenters. The maximum absolute atomic E-state index is 12.1. The number of nitrogens with zero attached hydrogens (tertiary/aromatic N) is 1. The second kappa shape index (κ2) is 6.24. The first-order valence-corrected chi connectivity index (χ1v) is 8.08. The average Bonchev–Trinajstić information content (AvgIpc) is 3.31. The molecular formula is C16H22ClN3O. The molecule has 2 saturated carbocycles. The van der Waals surface area contributed by atoms with Crippen molar-refractivity contribution in [1.29, 1.82) is 0 Å². The molecule has 1 amide bonds. The lowest BCUT2D eigenvalue weighted by Gasteiger charge is -2.21. The first-order chi connectivity index (χ1) is 10.1. The highest BCUT2D eigenvalue weighted by atomic mass is 35.5. The van der Waals surface area contributed by atoms with Crippen molar-refractivity contribution in [3.8, 4) is 0 Å². The Balaban J connectivity index is 1.49. The van der Waals surface area contributed by atoms with Crippen LogP contribution >= 0.6 is 11.6 Å². The standard InChI is InChI=1S/C16H22ClN3O/c17-12-3-6-14(18)15(9-12)19-16(21)7-8-20(13-4-5-13)10-11-1-2-11/h3,6,9,11,13H,1-2,4-5,7-8,10,18H2,(H,19,21). The lowest BCUT2D eigenvalue weighted by atomic mass is 10.2. The molecule has 3 N–H and O–H groups in total. The molecule has 4 nitrogen and oxygen atoms in total. The van der Waals surface area contributed by atoms with E-state index in [0.29, 0.717) is 22.8 Å². The predicted molar refractivity (Wildman–Crippen MR) is 86.4 cm³/mol. The van der Waals surface area contributed by atoms with Crippen molar-refractivity contribution in [2.75, 3.05) is 24.1 Å². The van der Waals surface area contributed by atoms with E-state index in [9.17, 15) is 4.79 Å². The van der Waals surface area contributed by atoms with Crippen LogP contribution in [-0.4, -0.2) is 29.9 Å². The summed E-state index contributed by atoms with van der Waals surface area (Å²) in [5, 5.41) is 3.44. The van der Waals surface area contributed by atoms with Gasteiger partial charge in [-0.25, -0.2) is 0 Å². The summed E-state index contributed by atoms with van der Waals surface area (Å²) in [6, 6.07) is 5.84. The van der Waals surface area contributed by atoms with Crippen LogP contribution in [0.15, 0.2) is 18.2 Å². The summed E-state index contributed by atoms with van der Waals surface area (Å²) in [5.74, 6) is 0.877. The van der Waals surface area contributed by atoms with E-state index in [-0.39, 0.29) is 5.91 Å². The zero-order valence-corrected chi connectivity index (χ0v) is 12.9. The number of anilines is 2. The quantitative estimate of drug-likeness (QED) is 0.761. The van der Waals surface area contributed by atoms with Crippen molar-refractivity contribution in [2.45, 2.75) is 38.1 Å². The number of nitrogens with one attached hydrogen (secondary N) is 1. The number of halogens is 1. The Morgan fingerprint density at radius 2 is 2.10 bits per heavy atom. The van der Waals surface area contributed by atoms with Gasteiger partial charge in [0.2, 0.25) is 5.91 Å². The zero-order valence-electron chi connectivity index (χ0n) is 12.1. The molecule has 0 aromatic heterocycles. The summed E-state index contributed by atoms with van der Waals surface area (Å²) in [7, 11) is 0. The molecule has 0 heterocycles. The second-order valence-corrected chi connectivity index (χ2v) is 6.64. The molecule has 5 heteroatoms. The van der Waals surface area contributed by atoms with Gasteiger partial charge in [0.15, 0.2) is 0 Å². The predicted octanol–water partition coefficient (Wildman–Crippen LogP) is 3.13. The number of carbonyl (C=O) groups is 1. The van der Waals surface area contributed by atoms with Crippen LogP contribution in [0, 0.1) is 5.92 Å². The minimum absolute atomic E-state index is 0.00501. The number of benzene rings is 1. The zero-order chi connectivity index (χ0) is 14.8. The Hall–Kier alpha value is -1.26. The van der Waals surface area contributed by atoms with E-state index in [1.54, 1.807) is 18.2 Å². The third-order valence-electron chi connectivity index (χ3n) is 4.17. The monoisotopic (exact) mass is 307 g/mol. The van der Waals surface area contributed by atoms with Gasteiger partial charge < -0.3 is 11.1 Å². The summed E-state index contributed by atoms with van der Waals surface area (Å²) < 4.78 is 0. The third kappa shape index (κ3) is 4.35. The Bertz CT molecular complexity index is 526. The average molecular weight is 308 g/mol. The molecule has 3 rings (SSSR count). The minimum Gasteiger partial charge on any atom is -0.397 e. The summed E-state index contributed by atoms with van der Waals surface area (Å²) in [5.41, 5.74) is 6.99. The lowest BCUT2D eigenvalue weighted by Crippen LogP contribution is -2.31. The molecule has 21 heavy (non-hydrogen) atoms. The van der Waals surface area contributed by atoms with Crippen molar-refractivity contribution in [2.24, 2.45) is 5.92 Å². The van der Waals surface area contributed by atoms with Crippen molar-refractivity contribution in [1.82, 2.24) is 4.90 Å². The number of amides is 1. The van der Waals surface area contributed by atoms with Crippen LogP contribution in [0.5, 0.6) is 0 Å². The van der Waals surface area contributed by atoms with Gasteiger partial charge >= 0.3 is 0 Å². The number of nitrogens with two attached hydrogens (primary N) is 1. The number of hydrogen-bond acceptors (Lipinski definition) is 3. The fourth-order valence-corrected chi connectivity index (χ4v) is 2.76. The SMILES string of the molecule is Nc1ccc(Cl)cc1NC(=O)CCN(CC1CC1)C1CC1. The Labute approximate surface area is 130 Å². The maximum atomic E-state index is 12.1. The van der Waals surface area contributed by atoms with Crippen molar-refractivity contribution >= 4 is 28.9 Å². The van der Waals surface area contributed by atoms with E-state index in [1.165, 1.54) is 25.7 Å². The van der Waals surface area contributed by atoms with Crippen LogP contribution in [0.1, 0.15) is 32.1 Å². The molecule has 0 unspecified atom stereocenters. The van der Waals surface area contributed by atoms with E-state index in [4.69, 9.17) is 17.3 Å². The van der Waals surface area contributed by atoms with Gasteiger partial charge in [-0.3, -0.25) is 9.69 Å². The number of rotatable bonds is 7. The van der Waals surface area contributed by atoms with Gasteiger partial charge in [0.25, 0.3) is 0 Å². The first-order valence-electron chi connectivity index (χ1n) is 7.71. The second-order valence-electron chi connectivity index (χ2n) is 6.20. The molecule has 1 aromatic carbocycles. The van der Waals surface area contributed by atoms with Crippen LogP contribution in [-0.2, 0) is 4.79 Å². The van der Waals surface area contributed by atoms with Gasteiger partial charge in [0.05, 0.1) is 11.4 Å². The van der Waals surface area contributed by atoms with Crippen molar-refractivity contribution < 1.29 is 4.79 Å². The highest BCUT2D eigenvalue weighted by Crippen LogP contribution is 2.34. The van der Waals surface area contributed by atoms with E-state index in [2.05, 4.69) is 10.2 Å². The highest BCUT2D eigenvalue weighted by molar-refractivity contribution is 6.31. The maximum Gasteiger partial charge on any atom is 0.225 e. The van der Waals surface area contributed by atoms with E-state index in [0.717, 1.165) is 25.0 Å². The van der Waals surface area contributed by atoms with Gasteiger partial charge in [-0.2, -0.15) is 0 Å². The fraction of sp³-hybridized carbons (Fsp3) is 0.562. The van der Waals surface area contributed by atoms with Crippen molar-refractivity contribution in [3.05, 3.63) is 23.2 Å². The van der Waals surface area contributed by atoms with Crippen LogP contribution in [0.4, 0.5) is 11.4 Å². The van der Waals surface area contributed by atoms with Gasteiger partial charge in [-0.15, -0.1) is 0 Å². The largest absolute Gasteiger partial charge is 0.397 e. The lowest BCUT2D eigenvalue weighted by molar-refractivity contribution is -0.116. The van der Waals surface area contributed by atoms with Gasteiger partial charge in [-0.05, 0) is 49.8 Å².